The quantitative estimate of drug-likeness (QED) is 0.768. The van der Waals surface area contributed by atoms with E-state index in [1.54, 1.807) is 13.0 Å². The molecule has 2 aliphatic heterocycles. The van der Waals surface area contributed by atoms with Crippen molar-refractivity contribution >= 4 is 26.7 Å². The van der Waals surface area contributed by atoms with Gasteiger partial charge in [0.05, 0.1) is 23.8 Å². The second-order valence-corrected chi connectivity index (χ2v) is 10.3. The summed E-state index contributed by atoms with van der Waals surface area (Å²) in [5.74, 6) is 0.137. The van der Waals surface area contributed by atoms with Crippen LogP contribution in [0.1, 0.15) is 37.0 Å². The number of ether oxygens (including phenoxy) is 1. The Kier molecular flexibility index (Phi) is 4.57. The molecule has 154 valence electrons. The predicted octanol–water partition coefficient (Wildman–Crippen LogP) is 2.17. The SMILES string of the molecule is Cc1c(CC(=O)N[C@H]2C=CS(=O)(=O)C2)c(=O)oc2cc3c(cc12)CCC(C)(C)O3. The first kappa shape index (κ1) is 19.7. The molecule has 0 bridgehead atoms. The number of fused-ring (bicyclic) bond motifs is 2. The first-order valence-electron chi connectivity index (χ1n) is 9.51. The molecule has 0 aliphatic carbocycles. The van der Waals surface area contributed by atoms with E-state index in [0.29, 0.717) is 11.1 Å². The van der Waals surface area contributed by atoms with Crippen LogP contribution in [0.15, 0.2) is 32.8 Å². The maximum absolute atomic E-state index is 12.5. The van der Waals surface area contributed by atoms with Gasteiger partial charge in [0.2, 0.25) is 5.91 Å². The molecule has 8 heteroatoms. The molecular formula is C21H23NO6S. The molecule has 3 heterocycles. The fourth-order valence-corrected chi connectivity index (χ4v) is 5.06. The van der Waals surface area contributed by atoms with Gasteiger partial charge in [-0.3, -0.25) is 4.79 Å². The first-order valence-corrected chi connectivity index (χ1v) is 11.2. The molecule has 2 aliphatic rings. The van der Waals surface area contributed by atoms with E-state index in [1.165, 1.54) is 6.08 Å². The number of hydrogen-bond acceptors (Lipinski definition) is 6. The second-order valence-electron chi connectivity index (χ2n) is 8.32. The fourth-order valence-electron chi connectivity index (χ4n) is 3.82. The Hall–Kier alpha value is -2.61. The van der Waals surface area contributed by atoms with Crippen LogP contribution >= 0.6 is 0 Å². The molecule has 0 fully saturated rings. The number of aryl methyl sites for hydroxylation is 2. The lowest BCUT2D eigenvalue weighted by atomic mass is 9.92. The van der Waals surface area contributed by atoms with E-state index >= 15 is 0 Å². The predicted molar refractivity (Wildman–Crippen MR) is 109 cm³/mol. The number of nitrogens with one attached hydrogen (secondary N) is 1. The van der Waals surface area contributed by atoms with Gasteiger partial charge in [-0.1, -0.05) is 0 Å². The molecule has 29 heavy (non-hydrogen) atoms. The third kappa shape index (κ3) is 3.94. The van der Waals surface area contributed by atoms with Crippen molar-refractivity contribution in [3.63, 3.8) is 0 Å². The zero-order chi connectivity index (χ0) is 21.0. The van der Waals surface area contributed by atoms with E-state index in [2.05, 4.69) is 5.32 Å². The van der Waals surface area contributed by atoms with Crippen LogP contribution in [0.3, 0.4) is 0 Å². The Morgan fingerprint density at radius 2 is 2.07 bits per heavy atom. The number of benzene rings is 1. The van der Waals surface area contributed by atoms with Crippen molar-refractivity contribution in [2.45, 2.75) is 51.7 Å². The van der Waals surface area contributed by atoms with Gasteiger partial charge in [-0.15, -0.1) is 0 Å². The molecule has 0 radical (unpaired) electrons. The average Bonchev–Trinajstić information content (AvgIpc) is 2.95. The van der Waals surface area contributed by atoms with E-state index in [-0.39, 0.29) is 23.3 Å². The first-order chi connectivity index (χ1) is 13.5. The molecule has 0 unspecified atom stereocenters. The van der Waals surface area contributed by atoms with Gasteiger partial charge in [0.25, 0.3) is 0 Å². The molecule has 1 aromatic heterocycles. The smallest absolute Gasteiger partial charge is 0.340 e. The highest BCUT2D eigenvalue weighted by Gasteiger charge is 2.28. The third-order valence-corrected chi connectivity index (χ3v) is 6.86. The third-order valence-electron chi connectivity index (χ3n) is 5.46. The summed E-state index contributed by atoms with van der Waals surface area (Å²) in [6, 6.07) is 3.14. The molecular weight excluding hydrogens is 394 g/mol. The van der Waals surface area contributed by atoms with Gasteiger partial charge in [0.15, 0.2) is 9.84 Å². The zero-order valence-corrected chi connectivity index (χ0v) is 17.4. The van der Waals surface area contributed by atoms with Crippen molar-refractivity contribution in [1.29, 1.82) is 0 Å². The van der Waals surface area contributed by atoms with Crippen LogP contribution < -0.4 is 15.7 Å². The lowest BCUT2D eigenvalue weighted by Gasteiger charge is -2.32. The molecule has 4 rings (SSSR count). The van der Waals surface area contributed by atoms with E-state index in [9.17, 15) is 18.0 Å². The number of hydrogen-bond donors (Lipinski definition) is 1. The van der Waals surface area contributed by atoms with Crippen LogP contribution in [0.5, 0.6) is 5.75 Å². The van der Waals surface area contributed by atoms with Crippen LogP contribution in [0.25, 0.3) is 11.0 Å². The molecule has 0 saturated heterocycles. The van der Waals surface area contributed by atoms with Crippen LogP contribution in [0, 0.1) is 6.92 Å². The highest BCUT2D eigenvalue weighted by atomic mass is 32.2. The van der Waals surface area contributed by atoms with Gasteiger partial charge in [-0.2, -0.15) is 0 Å². The molecule has 0 saturated carbocycles. The van der Waals surface area contributed by atoms with Gasteiger partial charge in [-0.05, 0) is 56.9 Å². The number of sulfone groups is 1. The Morgan fingerprint density at radius 1 is 1.31 bits per heavy atom. The molecule has 2 aromatic rings. The van der Waals surface area contributed by atoms with Crippen molar-refractivity contribution in [2.24, 2.45) is 0 Å². The normalized spacial score (nSPS) is 21.6. The summed E-state index contributed by atoms with van der Waals surface area (Å²) >= 11 is 0. The minimum Gasteiger partial charge on any atom is -0.487 e. The van der Waals surface area contributed by atoms with E-state index in [4.69, 9.17) is 9.15 Å². The molecule has 1 N–H and O–H groups in total. The summed E-state index contributed by atoms with van der Waals surface area (Å²) in [7, 11) is -3.26. The lowest BCUT2D eigenvalue weighted by Crippen LogP contribution is -2.37. The van der Waals surface area contributed by atoms with Crippen LogP contribution in [-0.2, 0) is 27.5 Å². The molecule has 1 amide bonds. The number of rotatable bonds is 3. The fraction of sp³-hybridized carbons (Fsp3) is 0.429. The second kappa shape index (κ2) is 6.73. The number of carbonyl (C=O) groups is 1. The van der Waals surface area contributed by atoms with Gasteiger partial charge in [-0.25, -0.2) is 13.2 Å². The average molecular weight is 417 g/mol. The Labute approximate surface area is 168 Å². The largest absolute Gasteiger partial charge is 0.487 e. The van der Waals surface area contributed by atoms with E-state index in [0.717, 1.165) is 34.9 Å². The van der Waals surface area contributed by atoms with Gasteiger partial charge < -0.3 is 14.5 Å². The van der Waals surface area contributed by atoms with Gasteiger partial charge in [0, 0.05) is 16.9 Å². The monoisotopic (exact) mass is 417 g/mol. The van der Waals surface area contributed by atoms with Crippen molar-refractivity contribution < 1.29 is 22.4 Å². The summed E-state index contributed by atoms with van der Waals surface area (Å²) in [6.07, 6.45) is 3.01. The van der Waals surface area contributed by atoms with Crippen LogP contribution in [0.4, 0.5) is 0 Å². The minimum absolute atomic E-state index is 0.160. The molecule has 1 aromatic carbocycles. The number of amides is 1. The van der Waals surface area contributed by atoms with Crippen molar-refractivity contribution in [3.05, 3.63) is 50.7 Å². The molecule has 7 nitrogen and oxygen atoms in total. The Balaban J connectivity index is 1.63. The topological polar surface area (TPSA) is 103 Å². The van der Waals surface area contributed by atoms with Crippen molar-refractivity contribution in [1.82, 2.24) is 5.32 Å². The maximum Gasteiger partial charge on any atom is 0.340 e. The molecule has 1 atom stereocenters. The lowest BCUT2D eigenvalue weighted by molar-refractivity contribution is -0.120. The van der Waals surface area contributed by atoms with Crippen LogP contribution in [-0.4, -0.2) is 31.7 Å². The highest BCUT2D eigenvalue weighted by Crippen LogP contribution is 2.36. The summed E-state index contributed by atoms with van der Waals surface area (Å²) in [5, 5.41) is 4.51. The Bertz CT molecular complexity index is 1210. The highest BCUT2D eigenvalue weighted by molar-refractivity contribution is 7.94. The summed E-state index contributed by atoms with van der Waals surface area (Å²) in [6.45, 7) is 5.84. The Morgan fingerprint density at radius 3 is 2.76 bits per heavy atom. The minimum atomic E-state index is -3.26. The van der Waals surface area contributed by atoms with E-state index < -0.39 is 27.4 Å². The standard InChI is InChI=1S/C21H23NO6S/c1-12-15-8-13-4-6-21(2,3)28-17(13)10-18(15)27-20(24)16(12)9-19(23)22-14-5-7-29(25,26)11-14/h5,7-8,10,14H,4,6,9,11H2,1-3H3,(H,22,23)/t14-/m0/s1. The number of carbonyl (C=O) groups excluding carboxylic acids is 1. The van der Waals surface area contributed by atoms with Crippen molar-refractivity contribution in [3.8, 4) is 5.75 Å². The zero-order valence-electron chi connectivity index (χ0n) is 16.6. The summed E-state index contributed by atoms with van der Waals surface area (Å²) in [5.41, 5.74) is 1.60. The van der Waals surface area contributed by atoms with Gasteiger partial charge in [0.1, 0.15) is 16.9 Å². The van der Waals surface area contributed by atoms with Crippen molar-refractivity contribution in [2.75, 3.05) is 5.75 Å². The van der Waals surface area contributed by atoms with Gasteiger partial charge >= 0.3 is 5.63 Å². The van der Waals surface area contributed by atoms with Crippen LogP contribution in [0.2, 0.25) is 0 Å². The molecule has 0 spiro atoms. The summed E-state index contributed by atoms with van der Waals surface area (Å²) < 4.78 is 34.5. The van der Waals surface area contributed by atoms with E-state index in [1.807, 2.05) is 19.9 Å². The summed E-state index contributed by atoms with van der Waals surface area (Å²) in [4.78, 5) is 24.9. The maximum atomic E-state index is 12.5.